The summed E-state index contributed by atoms with van der Waals surface area (Å²) in [4.78, 5) is 50.0. The first-order valence-electron chi connectivity index (χ1n) is 12.3. The topological polar surface area (TPSA) is 86.4 Å². The van der Waals surface area contributed by atoms with Crippen LogP contribution in [0.3, 0.4) is 0 Å². The van der Waals surface area contributed by atoms with Crippen molar-refractivity contribution >= 4 is 11.8 Å². The van der Waals surface area contributed by atoms with Crippen LogP contribution in [-0.2, 0) is 22.6 Å². The molecule has 0 radical (unpaired) electrons. The minimum atomic E-state index is -0.141. The zero-order valence-corrected chi connectivity index (χ0v) is 18.4. The number of hydrogen-bond donors (Lipinski definition) is 1. The number of rotatable bonds is 5. The molecular formula is C24H34N4O3. The van der Waals surface area contributed by atoms with Gasteiger partial charge in [-0.05, 0) is 44.4 Å². The Morgan fingerprint density at radius 1 is 1.00 bits per heavy atom. The first kappa shape index (κ1) is 20.7. The van der Waals surface area contributed by atoms with E-state index < -0.39 is 0 Å². The molecule has 5 rings (SSSR count). The van der Waals surface area contributed by atoms with Crippen LogP contribution in [0.5, 0.6) is 0 Å². The summed E-state index contributed by atoms with van der Waals surface area (Å²) in [6.45, 7) is 1.74. The predicted molar refractivity (Wildman–Crippen MR) is 116 cm³/mol. The summed E-state index contributed by atoms with van der Waals surface area (Å²) in [5, 5.41) is 0. The fourth-order valence-corrected chi connectivity index (χ4v) is 5.66. The molecule has 2 saturated carbocycles. The number of fused-ring (bicyclic) bond motifs is 1. The SMILES string of the molecule is O=C(C1CC1)N1CCc2nc([C@H]3CCCCN3C(=O)CCC3CCCC3)[nH]c(=O)c2C1. The van der Waals surface area contributed by atoms with Crippen LogP contribution in [0.2, 0.25) is 0 Å². The van der Waals surface area contributed by atoms with Gasteiger partial charge >= 0.3 is 0 Å². The summed E-state index contributed by atoms with van der Waals surface area (Å²) in [5.41, 5.74) is 1.29. The minimum absolute atomic E-state index is 0.131. The largest absolute Gasteiger partial charge is 0.337 e. The molecule has 3 fully saturated rings. The van der Waals surface area contributed by atoms with Crippen molar-refractivity contribution in [3.63, 3.8) is 0 Å². The Hall–Kier alpha value is -2.18. The first-order valence-corrected chi connectivity index (χ1v) is 12.3. The lowest BCUT2D eigenvalue weighted by Crippen LogP contribution is -2.43. The van der Waals surface area contributed by atoms with Gasteiger partial charge in [-0.2, -0.15) is 0 Å². The number of carbonyl (C=O) groups excluding carboxylic acids is 2. The molecule has 1 saturated heterocycles. The molecule has 0 bridgehead atoms. The van der Waals surface area contributed by atoms with Crippen molar-refractivity contribution in [1.29, 1.82) is 0 Å². The Morgan fingerprint density at radius 2 is 1.77 bits per heavy atom. The molecular weight excluding hydrogens is 392 g/mol. The molecule has 31 heavy (non-hydrogen) atoms. The van der Waals surface area contributed by atoms with Gasteiger partial charge in [0.1, 0.15) is 5.82 Å². The molecule has 3 heterocycles. The predicted octanol–water partition coefficient (Wildman–Crippen LogP) is 3.09. The van der Waals surface area contributed by atoms with Gasteiger partial charge in [0.05, 0.1) is 23.8 Å². The van der Waals surface area contributed by atoms with Gasteiger partial charge < -0.3 is 14.8 Å². The van der Waals surface area contributed by atoms with Crippen LogP contribution >= 0.6 is 0 Å². The van der Waals surface area contributed by atoms with Crippen LogP contribution < -0.4 is 5.56 Å². The lowest BCUT2D eigenvalue weighted by atomic mass is 9.97. The van der Waals surface area contributed by atoms with Crippen molar-refractivity contribution in [2.75, 3.05) is 13.1 Å². The van der Waals surface area contributed by atoms with E-state index in [4.69, 9.17) is 4.98 Å². The monoisotopic (exact) mass is 426 g/mol. The molecule has 2 aliphatic heterocycles. The van der Waals surface area contributed by atoms with Crippen LogP contribution in [-0.4, -0.2) is 44.7 Å². The fourth-order valence-electron chi connectivity index (χ4n) is 5.66. The third-order valence-corrected chi connectivity index (χ3v) is 7.71. The summed E-state index contributed by atoms with van der Waals surface area (Å²) in [5.74, 6) is 1.90. The van der Waals surface area contributed by atoms with Crippen molar-refractivity contribution in [2.24, 2.45) is 11.8 Å². The molecule has 4 aliphatic rings. The van der Waals surface area contributed by atoms with E-state index in [1.165, 1.54) is 25.7 Å². The van der Waals surface area contributed by atoms with Crippen molar-refractivity contribution in [1.82, 2.24) is 19.8 Å². The van der Waals surface area contributed by atoms with Gasteiger partial charge in [-0.1, -0.05) is 25.7 Å². The minimum Gasteiger partial charge on any atom is -0.337 e. The van der Waals surface area contributed by atoms with E-state index in [1.807, 2.05) is 9.80 Å². The zero-order chi connectivity index (χ0) is 21.4. The van der Waals surface area contributed by atoms with Gasteiger partial charge in [-0.3, -0.25) is 14.4 Å². The lowest BCUT2D eigenvalue weighted by molar-refractivity contribution is -0.136. The molecule has 1 atom stereocenters. The number of amides is 2. The highest BCUT2D eigenvalue weighted by atomic mass is 16.2. The van der Waals surface area contributed by atoms with Crippen LogP contribution in [0.25, 0.3) is 0 Å². The third-order valence-electron chi connectivity index (χ3n) is 7.71. The van der Waals surface area contributed by atoms with Crippen molar-refractivity contribution < 1.29 is 9.59 Å². The van der Waals surface area contributed by atoms with Gasteiger partial charge in [0.15, 0.2) is 0 Å². The number of aromatic amines is 1. The first-order chi connectivity index (χ1) is 15.1. The van der Waals surface area contributed by atoms with Crippen molar-refractivity contribution in [3.05, 3.63) is 27.4 Å². The molecule has 1 N–H and O–H groups in total. The second kappa shape index (κ2) is 8.75. The number of aromatic nitrogens is 2. The second-order valence-electron chi connectivity index (χ2n) is 9.95. The number of carbonyl (C=O) groups is 2. The number of nitrogens with one attached hydrogen (secondary N) is 1. The highest BCUT2D eigenvalue weighted by Gasteiger charge is 2.36. The van der Waals surface area contributed by atoms with Gasteiger partial charge in [0, 0.05) is 31.8 Å². The van der Waals surface area contributed by atoms with Crippen LogP contribution in [0.1, 0.15) is 93.8 Å². The van der Waals surface area contributed by atoms with Gasteiger partial charge in [-0.25, -0.2) is 4.98 Å². The van der Waals surface area contributed by atoms with E-state index in [9.17, 15) is 14.4 Å². The highest BCUT2D eigenvalue weighted by Crippen LogP contribution is 2.34. The van der Waals surface area contributed by atoms with E-state index in [-0.39, 0.29) is 29.3 Å². The van der Waals surface area contributed by atoms with E-state index in [1.54, 1.807) is 0 Å². The van der Waals surface area contributed by atoms with E-state index in [0.29, 0.717) is 43.2 Å². The standard InChI is InChI=1S/C24H34N4O3/c29-21(11-8-16-5-1-2-6-16)28-13-4-3-7-20(28)22-25-19-12-14-27(24(31)17-9-10-17)15-18(19)23(30)26-22/h16-17,20H,1-15H2,(H,25,26,30)/t20-/m1/s1. The summed E-state index contributed by atoms with van der Waals surface area (Å²) < 4.78 is 0. The zero-order valence-electron chi connectivity index (χ0n) is 18.4. The maximum Gasteiger partial charge on any atom is 0.256 e. The average molecular weight is 427 g/mol. The van der Waals surface area contributed by atoms with Crippen LogP contribution in [0, 0.1) is 11.8 Å². The molecule has 1 aromatic rings. The fraction of sp³-hybridized carbons (Fsp3) is 0.750. The molecule has 0 unspecified atom stereocenters. The lowest BCUT2D eigenvalue weighted by Gasteiger charge is -2.36. The maximum atomic E-state index is 13.1. The Morgan fingerprint density at radius 3 is 2.55 bits per heavy atom. The molecule has 7 nitrogen and oxygen atoms in total. The smallest absolute Gasteiger partial charge is 0.256 e. The second-order valence-corrected chi connectivity index (χ2v) is 9.95. The summed E-state index contributed by atoms with van der Waals surface area (Å²) in [6, 6.07) is -0.131. The average Bonchev–Trinajstić information content (AvgIpc) is 3.52. The van der Waals surface area contributed by atoms with Gasteiger partial charge in [0.25, 0.3) is 5.56 Å². The summed E-state index contributed by atoms with van der Waals surface area (Å²) in [7, 11) is 0. The molecule has 0 spiro atoms. The number of hydrogen-bond acceptors (Lipinski definition) is 4. The van der Waals surface area contributed by atoms with Crippen molar-refractivity contribution in [3.8, 4) is 0 Å². The normalized spacial score (nSPS) is 24.3. The Balaban J connectivity index is 1.31. The number of piperidine rings is 1. The molecule has 2 amide bonds. The van der Waals surface area contributed by atoms with Gasteiger partial charge in [0.2, 0.25) is 11.8 Å². The van der Waals surface area contributed by atoms with E-state index in [2.05, 4.69) is 4.98 Å². The molecule has 0 aromatic carbocycles. The highest BCUT2D eigenvalue weighted by molar-refractivity contribution is 5.81. The summed E-state index contributed by atoms with van der Waals surface area (Å²) in [6.07, 6.45) is 12.2. The Kier molecular flexibility index (Phi) is 5.85. The molecule has 168 valence electrons. The van der Waals surface area contributed by atoms with Gasteiger partial charge in [-0.15, -0.1) is 0 Å². The molecule has 7 heteroatoms. The number of H-pyrrole nitrogens is 1. The number of nitrogens with zero attached hydrogens (tertiary/aromatic N) is 3. The van der Waals surface area contributed by atoms with E-state index in [0.717, 1.165) is 50.8 Å². The Labute approximate surface area is 183 Å². The molecule has 2 aliphatic carbocycles. The van der Waals surface area contributed by atoms with E-state index >= 15 is 0 Å². The van der Waals surface area contributed by atoms with Crippen LogP contribution in [0.4, 0.5) is 0 Å². The quantitative estimate of drug-likeness (QED) is 0.784. The summed E-state index contributed by atoms with van der Waals surface area (Å²) >= 11 is 0. The van der Waals surface area contributed by atoms with Crippen molar-refractivity contribution in [2.45, 2.75) is 89.6 Å². The maximum absolute atomic E-state index is 13.1. The third kappa shape index (κ3) is 4.41. The number of likely N-dealkylation sites (tertiary alicyclic amines) is 1. The molecule has 1 aromatic heterocycles. The van der Waals surface area contributed by atoms with Crippen LogP contribution in [0.15, 0.2) is 4.79 Å². The Bertz CT molecular complexity index is 901.